The van der Waals surface area contributed by atoms with Gasteiger partial charge in [0.2, 0.25) is 0 Å². The molecule has 4 rings (SSSR count). The number of hydrazine groups is 1. The first-order chi connectivity index (χ1) is 17.0. The third kappa shape index (κ3) is 5.33. The van der Waals surface area contributed by atoms with E-state index in [1.54, 1.807) is 37.3 Å². The number of anilines is 1. The predicted molar refractivity (Wildman–Crippen MR) is 130 cm³/mol. The Labute approximate surface area is 202 Å². The van der Waals surface area contributed by atoms with Crippen LogP contribution in [0.4, 0.5) is 5.69 Å². The number of carbonyl (C=O) groups excluding carboxylic acids is 3. The summed E-state index contributed by atoms with van der Waals surface area (Å²) in [7, 11) is 1.52. The molecule has 1 heterocycles. The summed E-state index contributed by atoms with van der Waals surface area (Å²) in [4.78, 5) is 37.3. The quantitative estimate of drug-likeness (QED) is 0.304. The van der Waals surface area contributed by atoms with E-state index < -0.39 is 17.8 Å². The maximum absolute atomic E-state index is 12.9. The lowest BCUT2D eigenvalue weighted by Crippen LogP contribution is -2.35. The number of benzene rings is 3. The van der Waals surface area contributed by atoms with Crippen molar-refractivity contribution in [2.45, 2.75) is 13.5 Å². The van der Waals surface area contributed by atoms with Crippen LogP contribution in [-0.4, -0.2) is 31.5 Å². The Balaban J connectivity index is 1.50. The van der Waals surface area contributed by atoms with Gasteiger partial charge in [-0.3, -0.25) is 15.0 Å². The van der Waals surface area contributed by atoms with Crippen LogP contribution in [0.25, 0.3) is 6.08 Å². The highest BCUT2D eigenvalue weighted by Gasteiger charge is 2.34. The molecule has 0 saturated carbocycles. The number of nitrogens with one attached hydrogen (secondary N) is 1. The van der Waals surface area contributed by atoms with Gasteiger partial charge in [-0.25, -0.2) is 9.80 Å². The number of methoxy groups -OCH3 is 1. The first-order valence-corrected chi connectivity index (χ1v) is 11.0. The van der Waals surface area contributed by atoms with Gasteiger partial charge in [-0.1, -0.05) is 36.4 Å². The van der Waals surface area contributed by atoms with Crippen LogP contribution in [0.2, 0.25) is 0 Å². The van der Waals surface area contributed by atoms with E-state index >= 15 is 0 Å². The first-order valence-electron chi connectivity index (χ1n) is 11.0. The summed E-state index contributed by atoms with van der Waals surface area (Å²) < 4.78 is 16.3. The third-order valence-corrected chi connectivity index (χ3v) is 5.26. The van der Waals surface area contributed by atoms with Gasteiger partial charge in [0.1, 0.15) is 12.2 Å². The van der Waals surface area contributed by atoms with Gasteiger partial charge in [0.25, 0.3) is 11.8 Å². The Morgan fingerprint density at radius 1 is 0.971 bits per heavy atom. The maximum Gasteiger partial charge on any atom is 0.338 e. The highest BCUT2D eigenvalue weighted by Crippen LogP contribution is 2.30. The third-order valence-electron chi connectivity index (χ3n) is 5.26. The van der Waals surface area contributed by atoms with Crippen LogP contribution in [0.5, 0.6) is 11.5 Å². The number of amides is 2. The normalized spacial score (nSPS) is 14.1. The second kappa shape index (κ2) is 10.6. The van der Waals surface area contributed by atoms with Crippen LogP contribution < -0.4 is 19.9 Å². The lowest BCUT2D eigenvalue weighted by molar-refractivity contribution is -0.117. The van der Waals surface area contributed by atoms with Crippen LogP contribution in [-0.2, 0) is 20.9 Å². The number of ether oxygens (including phenoxy) is 3. The van der Waals surface area contributed by atoms with Crippen LogP contribution >= 0.6 is 0 Å². The van der Waals surface area contributed by atoms with Crippen molar-refractivity contribution >= 4 is 29.5 Å². The van der Waals surface area contributed by atoms with Crippen LogP contribution in [0.1, 0.15) is 28.4 Å². The standard InChI is InChI=1S/C27H24N2O6/c1-3-34-27(32)20-10-12-21(13-11-20)29-26(31)22(25(30)28-29)15-19-9-14-23(24(16-19)33-2)35-17-18-7-5-4-6-8-18/h4-16H,3,17H2,1-2H3,(H,28,30). The number of nitrogens with zero attached hydrogens (tertiary/aromatic N) is 1. The van der Waals surface area contributed by atoms with Crippen molar-refractivity contribution in [3.05, 3.63) is 95.1 Å². The van der Waals surface area contributed by atoms with Gasteiger partial charge in [-0.15, -0.1) is 0 Å². The monoisotopic (exact) mass is 472 g/mol. The van der Waals surface area contributed by atoms with Crippen molar-refractivity contribution in [1.82, 2.24) is 5.43 Å². The van der Waals surface area contributed by atoms with Crippen molar-refractivity contribution in [1.29, 1.82) is 0 Å². The Morgan fingerprint density at radius 2 is 1.71 bits per heavy atom. The van der Waals surface area contributed by atoms with Crippen molar-refractivity contribution in [3.63, 3.8) is 0 Å². The van der Waals surface area contributed by atoms with E-state index in [1.807, 2.05) is 30.3 Å². The van der Waals surface area contributed by atoms with Crippen molar-refractivity contribution in [2.24, 2.45) is 0 Å². The molecule has 0 unspecified atom stereocenters. The smallest absolute Gasteiger partial charge is 0.338 e. The molecule has 0 atom stereocenters. The minimum absolute atomic E-state index is 0.0283. The molecule has 1 aliphatic heterocycles. The minimum Gasteiger partial charge on any atom is -0.493 e. The van der Waals surface area contributed by atoms with Gasteiger partial charge in [-0.2, -0.15) is 0 Å². The summed E-state index contributed by atoms with van der Waals surface area (Å²) in [5.41, 5.74) is 4.91. The zero-order valence-electron chi connectivity index (χ0n) is 19.3. The molecule has 3 aromatic rings. The second-order valence-electron chi connectivity index (χ2n) is 7.59. The molecule has 1 N–H and O–H groups in total. The fourth-order valence-electron chi connectivity index (χ4n) is 3.50. The van der Waals surface area contributed by atoms with Crippen molar-refractivity contribution in [2.75, 3.05) is 18.7 Å². The summed E-state index contributed by atoms with van der Waals surface area (Å²) in [5.74, 6) is -0.478. The first kappa shape index (κ1) is 23.6. The average molecular weight is 472 g/mol. The van der Waals surface area contributed by atoms with Crippen molar-refractivity contribution < 1.29 is 28.6 Å². The van der Waals surface area contributed by atoms with E-state index in [-0.39, 0.29) is 12.2 Å². The fourth-order valence-corrected chi connectivity index (χ4v) is 3.50. The predicted octanol–water partition coefficient (Wildman–Crippen LogP) is 3.91. The molecule has 0 bridgehead atoms. The van der Waals surface area contributed by atoms with Gasteiger partial charge in [-0.05, 0) is 60.5 Å². The van der Waals surface area contributed by atoms with Crippen LogP contribution in [0, 0.1) is 0 Å². The summed E-state index contributed by atoms with van der Waals surface area (Å²) >= 11 is 0. The number of esters is 1. The Bertz CT molecular complexity index is 1270. The van der Waals surface area contributed by atoms with E-state index in [0.29, 0.717) is 34.9 Å². The fraction of sp³-hybridized carbons (Fsp3) is 0.148. The molecule has 0 radical (unpaired) electrons. The topological polar surface area (TPSA) is 94.2 Å². The van der Waals surface area contributed by atoms with E-state index in [2.05, 4.69) is 5.43 Å². The molecule has 0 aliphatic carbocycles. The molecule has 8 nitrogen and oxygen atoms in total. The molecule has 178 valence electrons. The molecule has 3 aromatic carbocycles. The molecule has 1 aliphatic rings. The lowest BCUT2D eigenvalue weighted by atomic mass is 10.1. The second-order valence-corrected chi connectivity index (χ2v) is 7.59. The van der Waals surface area contributed by atoms with E-state index in [4.69, 9.17) is 14.2 Å². The highest BCUT2D eigenvalue weighted by molar-refractivity contribution is 6.31. The highest BCUT2D eigenvalue weighted by atomic mass is 16.5. The van der Waals surface area contributed by atoms with Gasteiger partial charge in [0, 0.05) is 0 Å². The molecule has 1 fully saturated rings. The molecule has 1 saturated heterocycles. The summed E-state index contributed by atoms with van der Waals surface area (Å²) in [6.45, 7) is 2.36. The summed E-state index contributed by atoms with van der Waals surface area (Å²) in [5, 5.41) is 1.14. The van der Waals surface area contributed by atoms with Crippen LogP contribution in [0.3, 0.4) is 0 Å². The summed E-state index contributed by atoms with van der Waals surface area (Å²) in [6.07, 6.45) is 1.49. The van der Waals surface area contributed by atoms with E-state index in [0.717, 1.165) is 10.6 Å². The number of hydrogen-bond donors (Lipinski definition) is 1. The molecular formula is C27H24N2O6. The number of rotatable bonds is 8. The molecule has 35 heavy (non-hydrogen) atoms. The Kier molecular flexibility index (Phi) is 7.11. The molecule has 2 amide bonds. The van der Waals surface area contributed by atoms with Gasteiger partial charge >= 0.3 is 5.97 Å². The largest absolute Gasteiger partial charge is 0.493 e. The van der Waals surface area contributed by atoms with Crippen LogP contribution in [0.15, 0.2) is 78.4 Å². The molecule has 8 heteroatoms. The number of hydrogen-bond acceptors (Lipinski definition) is 6. The molecular weight excluding hydrogens is 448 g/mol. The lowest BCUT2D eigenvalue weighted by Gasteiger charge is -2.15. The zero-order chi connectivity index (χ0) is 24.8. The summed E-state index contributed by atoms with van der Waals surface area (Å²) in [6, 6.07) is 21.1. The Hall–Kier alpha value is -4.59. The van der Waals surface area contributed by atoms with E-state index in [9.17, 15) is 14.4 Å². The zero-order valence-corrected chi connectivity index (χ0v) is 19.3. The molecule has 0 aromatic heterocycles. The van der Waals surface area contributed by atoms with Gasteiger partial charge in [0.15, 0.2) is 11.5 Å². The van der Waals surface area contributed by atoms with Gasteiger partial charge < -0.3 is 14.2 Å². The SMILES string of the molecule is CCOC(=O)c1ccc(N2NC(=O)C(=Cc3ccc(OCc4ccccc4)c(OC)c3)C2=O)cc1. The average Bonchev–Trinajstić information content (AvgIpc) is 3.17. The van der Waals surface area contributed by atoms with Gasteiger partial charge in [0.05, 0.1) is 25.0 Å². The number of carbonyl (C=O) groups is 3. The van der Waals surface area contributed by atoms with E-state index in [1.165, 1.54) is 25.3 Å². The minimum atomic E-state index is -0.534. The van der Waals surface area contributed by atoms with Crippen molar-refractivity contribution in [3.8, 4) is 11.5 Å². The Morgan fingerprint density at radius 3 is 2.40 bits per heavy atom. The maximum atomic E-state index is 12.9. The molecule has 0 spiro atoms.